The van der Waals surface area contributed by atoms with E-state index in [2.05, 4.69) is 31.2 Å². The largest absolute Gasteiger partial charge is 0.481 e. The van der Waals surface area contributed by atoms with Crippen molar-refractivity contribution < 1.29 is 9.90 Å². The third-order valence-corrected chi connectivity index (χ3v) is 2.79. The summed E-state index contributed by atoms with van der Waals surface area (Å²) in [5.74, 6) is -0.687. The standard InChI is InChI=1S/C18H28O2/c1-2-3-4-5-6-7-8-9-10-11-12-13-14-15-16-17-18(19)20/h4-11H,2-3,12-17H2,1H3,(H,19,20). The summed E-state index contributed by atoms with van der Waals surface area (Å²) in [6.45, 7) is 2.17. The fourth-order valence-electron chi connectivity index (χ4n) is 1.66. The molecule has 0 aromatic heterocycles. The molecule has 0 aromatic carbocycles. The molecular formula is C18H28O2. The molecule has 0 amide bonds. The Morgan fingerprint density at radius 2 is 1.35 bits per heavy atom. The average Bonchev–Trinajstić information content (AvgIpc) is 2.43. The molecule has 1 N–H and O–H groups in total. The van der Waals surface area contributed by atoms with Crippen molar-refractivity contribution in [2.75, 3.05) is 0 Å². The van der Waals surface area contributed by atoms with Crippen LogP contribution in [0.1, 0.15) is 58.3 Å². The van der Waals surface area contributed by atoms with Crippen LogP contribution in [0.2, 0.25) is 0 Å². The maximum absolute atomic E-state index is 10.3. The molecule has 0 aliphatic heterocycles. The van der Waals surface area contributed by atoms with E-state index in [9.17, 15) is 4.79 Å². The van der Waals surface area contributed by atoms with Crippen molar-refractivity contribution in [3.63, 3.8) is 0 Å². The Morgan fingerprint density at radius 3 is 1.95 bits per heavy atom. The summed E-state index contributed by atoms with van der Waals surface area (Å²) in [4.78, 5) is 10.3. The van der Waals surface area contributed by atoms with Gasteiger partial charge in [-0.15, -0.1) is 0 Å². The predicted octanol–water partition coefficient (Wildman–Crippen LogP) is 5.44. The molecule has 0 unspecified atom stereocenters. The van der Waals surface area contributed by atoms with E-state index in [1.54, 1.807) is 0 Å². The zero-order valence-corrected chi connectivity index (χ0v) is 12.6. The molecule has 2 heteroatoms. The van der Waals surface area contributed by atoms with Gasteiger partial charge in [-0.2, -0.15) is 0 Å². The maximum atomic E-state index is 10.3. The quantitative estimate of drug-likeness (QED) is 0.381. The number of rotatable bonds is 12. The first-order valence-corrected chi connectivity index (χ1v) is 7.64. The first kappa shape index (κ1) is 18.4. The molecule has 20 heavy (non-hydrogen) atoms. The van der Waals surface area contributed by atoms with Crippen molar-refractivity contribution >= 4 is 5.97 Å². The second-order valence-electron chi connectivity index (χ2n) is 4.76. The fraction of sp³-hybridized carbons (Fsp3) is 0.500. The van der Waals surface area contributed by atoms with Crippen LogP contribution in [0.4, 0.5) is 0 Å². The van der Waals surface area contributed by atoms with Gasteiger partial charge in [0.15, 0.2) is 0 Å². The SMILES string of the molecule is CCCC=CC=CC=CC=CCCCCCCC(=O)O. The van der Waals surface area contributed by atoms with Crippen LogP contribution in [-0.4, -0.2) is 11.1 Å². The van der Waals surface area contributed by atoms with Crippen molar-refractivity contribution in [3.05, 3.63) is 48.6 Å². The van der Waals surface area contributed by atoms with Crippen LogP contribution < -0.4 is 0 Å². The maximum Gasteiger partial charge on any atom is 0.303 e. The van der Waals surface area contributed by atoms with Gasteiger partial charge in [-0.1, -0.05) is 74.8 Å². The molecular weight excluding hydrogens is 248 g/mol. The number of hydrogen-bond donors (Lipinski definition) is 1. The predicted molar refractivity (Wildman–Crippen MR) is 86.8 cm³/mol. The molecule has 0 spiro atoms. The lowest BCUT2D eigenvalue weighted by molar-refractivity contribution is -0.137. The first-order chi connectivity index (χ1) is 9.77. The summed E-state index contributed by atoms with van der Waals surface area (Å²) in [7, 11) is 0. The topological polar surface area (TPSA) is 37.3 Å². The Hall–Kier alpha value is -1.57. The minimum absolute atomic E-state index is 0.303. The highest BCUT2D eigenvalue weighted by Crippen LogP contribution is 2.05. The molecule has 0 saturated carbocycles. The van der Waals surface area contributed by atoms with Crippen LogP contribution in [0.25, 0.3) is 0 Å². The van der Waals surface area contributed by atoms with Crippen molar-refractivity contribution in [1.82, 2.24) is 0 Å². The number of hydrogen-bond acceptors (Lipinski definition) is 1. The Labute approximate surface area is 123 Å². The minimum atomic E-state index is -0.687. The van der Waals surface area contributed by atoms with Crippen LogP contribution in [-0.2, 0) is 4.79 Å². The monoisotopic (exact) mass is 276 g/mol. The molecule has 0 heterocycles. The van der Waals surface area contributed by atoms with Gasteiger partial charge in [0.2, 0.25) is 0 Å². The van der Waals surface area contributed by atoms with Gasteiger partial charge >= 0.3 is 5.97 Å². The number of carboxylic acids is 1. The van der Waals surface area contributed by atoms with Gasteiger partial charge in [0, 0.05) is 6.42 Å². The highest BCUT2D eigenvalue weighted by atomic mass is 16.4. The zero-order valence-electron chi connectivity index (χ0n) is 12.6. The summed E-state index contributed by atoms with van der Waals surface area (Å²) < 4.78 is 0. The molecule has 0 bridgehead atoms. The summed E-state index contributed by atoms with van der Waals surface area (Å²) >= 11 is 0. The Balaban J connectivity index is 3.41. The third kappa shape index (κ3) is 16.4. The van der Waals surface area contributed by atoms with Gasteiger partial charge < -0.3 is 5.11 Å². The molecule has 0 radical (unpaired) electrons. The van der Waals surface area contributed by atoms with Gasteiger partial charge in [0.05, 0.1) is 0 Å². The van der Waals surface area contributed by atoms with Crippen LogP contribution in [0, 0.1) is 0 Å². The van der Waals surface area contributed by atoms with Gasteiger partial charge in [-0.05, 0) is 25.7 Å². The van der Waals surface area contributed by atoms with Crippen LogP contribution in [0.3, 0.4) is 0 Å². The van der Waals surface area contributed by atoms with E-state index in [0.717, 1.165) is 38.5 Å². The molecule has 0 atom stereocenters. The summed E-state index contributed by atoms with van der Waals surface area (Å²) in [6, 6.07) is 0. The van der Waals surface area contributed by atoms with Gasteiger partial charge in [0.1, 0.15) is 0 Å². The Bertz CT molecular complexity index is 335. The second-order valence-corrected chi connectivity index (χ2v) is 4.76. The highest BCUT2D eigenvalue weighted by molar-refractivity contribution is 5.66. The number of carboxylic acid groups (broad SMARTS) is 1. The van der Waals surface area contributed by atoms with E-state index in [-0.39, 0.29) is 0 Å². The summed E-state index contributed by atoms with van der Waals surface area (Å²) in [6.07, 6.45) is 24.4. The molecule has 0 aliphatic rings. The minimum Gasteiger partial charge on any atom is -0.481 e. The van der Waals surface area contributed by atoms with Gasteiger partial charge in [-0.25, -0.2) is 0 Å². The van der Waals surface area contributed by atoms with E-state index >= 15 is 0 Å². The lowest BCUT2D eigenvalue weighted by Crippen LogP contribution is -1.93. The fourth-order valence-corrected chi connectivity index (χ4v) is 1.66. The van der Waals surface area contributed by atoms with E-state index in [1.807, 2.05) is 24.3 Å². The van der Waals surface area contributed by atoms with Crippen molar-refractivity contribution in [1.29, 1.82) is 0 Å². The van der Waals surface area contributed by atoms with Crippen molar-refractivity contribution in [3.8, 4) is 0 Å². The summed E-state index contributed by atoms with van der Waals surface area (Å²) in [5, 5.41) is 8.49. The lowest BCUT2D eigenvalue weighted by Gasteiger charge is -1.96. The highest BCUT2D eigenvalue weighted by Gasteiger charge is 1.95. The van der Waals surface area contributed by atoms with Crippen LogP contribution in [0.15, 0.2) is 48.6 Å². The van der Waals surface area contributed by atoms with E-state index in [0.29, 0.717) is 6.42 Å². The number of aliphatic carboxylic acids is 1. The molecule has 0 aromatic rings. The van der Waals surface area contributed by atoms with E-state index in [4.69, 9.17) is 5.11 Å². The number of allylic oxidation sites excluding steroid dienone is 8. The number of unbranched alkanes of at least 4 members (excludes halogenated alkanes) is 5. The average molecular weight is 276 g/mol. The van der Waals surface area contributed by atoms with Gasteiger partial charge in [0.25, 0.3) is 0 Å². The Morgan fingerprint density at radius 1 is 0.800 bits per heavy atom. The Kier molecular flexibility index (Phi) is 14.3. The molecule has 0 fully saturated rings. The summed E-state index contributed by atoms with van der Waals surface area (Å²) in [5.41, 5.74) is 0. The molecule has 112 valence electrons. The second kappa shape index (κ2) is 15.5. The van der Waals surface area contributed by atoms with Gasteiger partial charge in [-0.3, -0.25) is 4.79 Å². The number of carbonyl (C=O) groups is 1. The van der Waals surface area contributed by atoms with E-state index < -0.39 is 5.97 Å². The smallest absolute Gasteiger partial charge is 0.303 e. The molecule has 0 rings (SSSR count). The molecule has 0 saturated heterocycles. The molecule has 2 nitrogen and oxygen atoms in total. The lowest BCUT2D eigenvalue weighted by atomic mass is 10.1. The first-order valence-electron chi connectivity index (χ1n) is 7.64. The zero-order chi connectivity index (χ0) is 14.9. The van der Waals surface area contributed by atoms with E-state index in [1.165, 1.54) is 6.42 Å². The van der Waals surface area contributed by atoms with Crippen molar-refractivity contribution in [2.24, 2.45) is 0 Å². The van der Waals surface area contributed by atoms with Crippen LogP contribution >= 0.6 is 0 Å². The third-order valence-electron chi connectivity index (χ3n) is 2.79. The van der Waals surface area contributed by atoms with Crippen molar-refractivity contribution in [2.45, 2.75) is 58.3 Å². The molecule has 0 aliphatic carbocycles. The normalized spacial score (nSPS) is 12.4. The van der Waals surface area contributed by atoms with Crippen LogP contribution in [0.5, 0.6) is 0 Å².